The molecule has 0 aromatic heterocycles. The lowest BCUT2D eigenvalue weighted by Gasteiger charge is -2.11. The largest absolute Gasteiger partial charge is 0.376 e. The average Bonchev–Trinajstić information content (AvgIpc) is 2.77. The number of halogens is 2. The monoisotopic (exact) mass is 256 g/mol. The number of hydrogen-bond donors (Lipinski definition) is 2. The van der Waals surface area contributed by atoms with Crippen LogP contribution in [0.25, 0.3) is 0 Å². The fourth-order valence-electron chi connectivity index (χ4n) is 1.81. The van der Waals surface area contributed by atoms with Crippen LogP contribution in [0.2, 0.25) is 0 Å². The molecule has 2 amide bonds. The number of urea groups is 1. The second-order valence-electron chi connectivity index (χ2n) is 4.13. The first-order chi connectivity index (χ1) is 8.63. The van der Waals surface area contributed by atoms with E-state index in [-0.39, 0.29) is 11.8 Å². The predicted molar refractivity (Wildman–Crippen MR) is 62.4 cm³/mol. The molecule has 1 aliphatic heterocycles. The fraction of sp³-hybridized carbons (Fsp3) is 0.417. The lowest BCUT2D eigenvalue weighted by atomic mass is 10.2. The van der Waals surface area contributed by atoms with Gasteiger partial charge in [0.05, 0.1) is 6.10 Å². The summed E-state index contributed by atoms with van der Waals surface area (Å²) in [7, 11) is 0. The number of carbonyl (C=O) groups excluding carboxylic acids is 1. The van der Waals surface area contributed by atoms with Crippen molar-refractivity contribution in [2.24, 2.45) is 0 Å². The van der Waals surface area contributed by atoms with Crippen molar-refractivity contribution in [1.82, 2.24) is 5.32 Å². The van der Waals surface area contributed by atoms with Crippen LogP contribution < -0.4 is 10.6 Å². The van der Waals surface area contributed by atoms with Gasteiger partial charge in [0.25, 0.3) is 0 Å². The average molecular weight is 256 g/mol. The van der Waals surface area contributed by atoms with E-state index in [0.717, 1.165) is 31.0 Å². The zero-order valence-electron chi connectivity index (χ0n) is 9.71. The van der Waals surface area contributed by atoms with Gasteiger partial charge in [-0.05, 0) is 25.0 Å². The number of ether oxygens (including phenoxy) is 1. The minimum absolute atomic E-state index is 0.0278. The molecule has 1 fully saturated rings. The molecular formula is C12H14F2N2O2. The van der Waals surface area contributed by atoms with Gasteiger partial charge in [0, 0.05) is 24.9 Å². The molecule has 0 saturated carbocycles. The van der Waals surface area contributed by atoms with Crippen LogP contribution in [0, 0.1) is 11.6 Å². The molecule has 1 aliphatic rings. The van der Waals surface area contributed by atoms with Gasteiger partial charge in [0.1, 0.15) is 11.6 Å². The highest BCUT2D eigenvalue weighted by Crippen LogP contribution is 2.13. The van der Waals surface area contributed by atoms with Gasteiger partial charge in [-0.25, -0.2) is 13.6 Å². The number of anilines is 1. The second kappa shape index (κ2) is 5.77. The van der Waals surface area contributed by atoms with E-state index in [1.807, 2.05) is 0 Å². The van der Waals surface area contributed by atoms with Crippen molar-refractivity contribution >= 4 is 11.7 Å². The highest BCUT2D eigenvalue weighted by Gasteiger charge is 2.16. The Morgan fingerprint density at radius 1 is 1.33 bits per heavy atom. The van der Waals surface area contributed by atoms with Gasteiger partial charge in [-0.3, -0.25) is 0 Å². The van der Waals surface area contributed by atoms with Crippen LogP contribution in [-0.4, -0.2) is 25.3 Å². The van der Waals surface area contributed by atoms with Crippen molar-refractivity contribution in [1.29, 1.82) is 0 Å². The first-order valence-electron chi connectivity index (χ1n) is 5.76. The maximum atomic E-state index is 12.9. The Balaban J connectivity index is 1.82. The molecule has 0 spiro atoms. The SMILES string of the molecule is O=C(NCC1CCCO1)Nc1cc(F)cc(F)c1. The number of benzene rings is 1. The van der Waals surface area contributed by atoms with Crippen molar-refractivity contribution in [3.63, 3.8) is 0 Å². The molecule has 1 heterocycles. The van der Waals surface area contributed by atoms with Gasteiger partial charge in [-0.1, -0.05) is 0 Å². The van der Waals surface area contributed by atoms with E-state index < -0.39 is 17.7 Å². The summed E-state index contributed by atoms with van der Waals surface area (Å²) >= 11 is 0. The zero-order valence-corrected chi connectivity index (χ0v) is 9.71. The van der Waals surface area contributed by atoms with E-state index in [9.17, 15) is 13.6 Å². The summed E-state index contributed by atoms with van der Waals surface area (Å²) in [5, 5.41) is 4.95. The van der Waals surface area contributed by atoms with Gasteiger partial charge in [0.15, 0.2) is 0 Å². The third kappa shape index (κ3) is 3.66. The minimum atomic E-state index is -0.732. The lowest BCUT2D eigenvalue weighted by molar-refractivity contribution is 0.112. The maximum Gasteiger partial charge on any atom is 0.319 e. The zero-order chi connectivity index (χ0) is 13.0. The molecule has 0 radical (unpaired) electrons. The third-order valence-electron chi connectivity index (χ3n) is 2.63. The quantitative estimate of drug-likeness (QED) is 0.871. The maximum absolute atomic E-state index is 12.9. The molecule has 1 unspecified atom stereocenters. The molecule has 1 atom stereocenters. The molecule has 1 aromatic carbocycles. The van der Waals surface area contributed by atoms with E-state index in [2.05, 4.69) is 10.6 Å². The van der Waals surface area contributed by atoms with Gasteiger partial charge in [-0.2, -0.15) is 0 Å². The minimum Gasteiger partial charge on any atom is -0.376 e. The van der Waals surface area contributed by atoms with Crippen LogP contribution in [0.1, 0.15) is 12.8 Å². The number of rotatable bonds is 3. The van der Waals surface area contributed by atoms with Crippen molar-refractivity contribution < 1.29 is 18.3 Å². The molecule has 0 aliphatic carbocycles. The number of nitrogens with one attached hydrogen (secondary N) is 2. The highest BCUT2D eigenvalue weighted by atomic mass is 19.1. The molecule has 1 saturated heterocycles. The number of carbonyl (C=O) groups is 1. The summed E-state index contributed by atoms with van der Waals surface area (Å²) in [6, 6.07) is 2.34. The Kier molecular flexibility index (Phi) is 4.09. The van der Waals surface area contributed by atoms with Crippen LogP contribution in [-0.2, 0) is 4.74 Å². The first-order valence-corrected chi connectivity index (χ1v) is 5.76. The van der Waals surface area contributed by atoms with Crippen LogP contribution in [0.3, 0.4) is 0 Å². The Morgan fingerprint density at radius 2 is 2.06 bits per heavy atom. The first kappa shape index (κ1) is 12.8. The van der Waals surface area contributed by atoms with Crippen LogP contribution in [0.15, 0.2) is 18.2 Å². The van der Waals surface area contributed by atoms with Crippen molar-refractivity contribution in [3.05, 3.63) is 29.8 Å². The molecule has 6 heteroatoms. The van der Waals surface area contributed by atoms with E-state index in [4.69, 9.17) is 4.74 Å². The Morgan fingerprint density at radius 3 is 2.67 bits per heavy atom. The molecule has 1 aromatic rings. The normalized spacial score (nSPS) is 18.7. The standard InChI is InChI=1S/C12H14F2N2O2/c13-8-4-9(14)6-10(5-8)16-12(17)15-7-11-2-1-3-18-11/h4-6,11H,1-3,7H2,(H2,15,16,17). The van der Waals surface area contributed by atoms with E-state index in [1.165, 1.54) is 0 Å². The van der Waals surface area contributed by atoms with E-state index >= 15 is 0 Å². The third-order valence-corrected chi connectivity index (χ3v) is 2.63. The van der Waals surface area contributed by atoms with Crippen LogP contribution in [0.4, 0.5) is 19.3 Å². The Labute approximate surface area is 103 Å². The molecule has 4 nitrogen and oxygen atoms in total. The summed E-state index contributed by atoms with van der Waals surface area (Å²) < 4.78 is 31.1. The van der Waals surface area contributed by atoms with Crippen molar-refractivity contribution in [3.8, 4) is 0 Å². The van der Waals surface area contributed by atoms with E-state index in [1.54, 1.807) is 0 Å². The van der Waals surface area contributed by atoms with Gasteiger partial charge < -0.3 is 15.4 Å². The number of hydrogen-bond acceptors (Lipinski definition) is 2. The summed E-state index contributed by atoms with van der Waals surface area (Å²) in [6.45, 7) is 1.10. The molecule has 98 valence electrons. The van der Waals surface area contributed by atoms with Crippen molar-refractivity contribution in [2.45, 2.75) is 18.9 Å². The molecular weight excluding hydrogens is 242 g/mol. The summed E-state index contributed by atoms with van der Waals surface area (Å²) in [6.07, 6.45) is 1.93. The lowest BCUT2D eigenvalue weighted by Crippen LogP contribution is -2.35. The van der Waals surface area contributed by atoms with Crippen molar-refractivity contribution in [2.75, 3.05) is 18.5 Å². The highest BCUT2D eigenvalue weighted by molar-refractivity contribution is 5.89. The molecule has 18 heavy (non-hydrogen) atoms. The van der Waals surface area contributed by atoms with Gasteiger partial charge >= 0.3 is 6.03 Å². The second-order valence-corrected chi connectivity index (χ2v) is 4.13. The van der Waals surface area contributed by atoms with E-state index in [0.29, 0.717) is 13.2 Å². The predicted octanol–water partition coefficient (Wildman–Crippen LogP) is 2.27. The number of amides is 2. The smallest absolute Gasteiger partial charge is 0.319 e. The molecule has 2 N–H and O–H groups in total. The summed E-state index contributed by atoms with van der Waals surface area (Å²) in [5.74, 6) is -1.46. The molecule has 0 bridgehead atoms. The summed E-state index contributed by atoms with van der Waals surface area (Å²) in [5.41, 5.74) is 0.0809. The van der Waals surface area contributed by atoms with Crippen LogP contribution >= 0.6 is 0 Å². The topological polar surface area (TPSA) is 50.4 Å². The Bertz CT molecular complexity index is 414. The fourth-order valence-corrected chi connectivity index (χ4v) is 1.81. The van der Waals surface area contributed by atoms with Gasteiger partial charge in [-0.15, -0.1) is 0 Å². The Hall–Kier alpha value is -1.69. The summed E-state index contributed by atoms with van der Waals surface area (Å²) in [4.78, 5) is 11.5. The molecule has 2 rings (SSSR count). The van der Waals surface area contributed by atoms with Gasteiger partial charge in [0.2, 0.25) is 0 Å². The van der Waals surface area contributed by atoms with Crippen LogP contribution in [0.5, 0.6) is 0 Å².